The number of benzene rings is 1. The highest BCUT2D eigenvalue weighted by Crippen LogP contribution is 2.44. The van der Waals surface area contributed by atoms with E-state index in [9.17, 15) is 9.59 Å². The molecule has 1 aromatic heterocycles. The van der Waals surface area contributed by atoms with Crippen molar-refractivity contribution in [1.29, 1.82) is 0 Å². The number of piperidine rings is 1. The molecule has 8 heteroatoms. The lowest BCUT2D eigenvalue weighted by Gasteiger charge is -2.45. The van der Waals surface area contributed by atoms with Gasteiger partial charge in [0.1, 0.15) is 0 Å². The van der Waals surface area contributed by atoms with Crippen LogP contribution in [-0.4, -0.2) is 64.8 Å². The molecular weight excluding hydrogens is 466 g/mol. The van der Waals surface area contributed by atoms with Gasteiger partial charge < -0.3 is 19.9 Å². The predicted octanol–water partition coefficient (Wildman–Crippen LogP) is 4.24. The van der Waals surface area contributed by atoms with Crippen molar-refractivity contribution in [1.82, 2.24) is 19.8 Å². The summed E-state index contributed by atoms with van der Waals surface area (Å²) in [4.78, 5) is 32.9. The lowest BCUT2D eigenvalue weighted by Crippen LogP contribution is -2.50. The number of carbonyl (C=O) groups excluding carboxylic acids is 1. The molecule has 0 spiro atoms. The minimum atomic E-state index is -0.269. The van der Waals surface area contributed by atoms with E-state index in [1.54, 1.807) is 6.92 Å². The molecule has 37 heavy (non-hydrogen) atoms. The normalized spacial score (nSPS) is 25.1. The molecule has 0 radical (unpaired) electrons. The van der Waals surface area contributed by atoms with Crippen LogP contribution in [-0.2, 0) is 9.53 Å². The van der Waals surface area contributed by atoms with Crippen LogP contribution < -0.4 is 16.2 Å². The summed E-state index contributed by atoms with van der Waals surface area (Å²) >= 11 is 0. The average Bonchev–Trinajstić information content (AvgIpc) is 3.13. The Kier molecular flexibility index (Phi) is 8.77. The number of hydrogen-bond acceptors (Lipinski definition) is 7. The standard InChI is InChI=1S/C29H43N5O3/c1-2-37-27(35)20-30-16-17-31-28-29(36)34(26-13-9-8-12-25(26)32-28)24-18-22-14-15-23(19-24)33(22)21-10-6-4-3-5-7-11-21/h8-9,12-13,21-24,30H,2-7,10-11,14-20H2,1H3,(H,31,32). The summed E-state index contributed by atoms with van der Waals surface area (Å²) in [7, 11) is 0. The summed E-state index contributed by atoms with van der Waals surface area (Å²) < 4.78 is 6.99. The van der Waals surface area contributed by atoms with E-state index in [1.165, 1.54) is 57.8 Å². The zero-order chi connectivity index (χ0) is 25.6. The summed E-state index contributed by atoms with van der Waals surface area (Å²) in [6.07, 6.45) is 14.2. The third kappa shape index (κ3) is 6.01. The number of carbonyl (C=O) groups is 1. The van der Waals surface area contributed by atoms with E-state index in [0.29, 0.717) is 37.6 Å². The number of ether oxygens (including phenoxy) is 1. The number of aromatic nitrogens is 2. The number of fused-ring (bicyclic) bond motifs is 3. The Morgan fingerprint density at radius 1 is 0.946 bits per heavy atom. The Labute approximate surface area is 220 Å². The van der Waals surface area contributed by atoms with Gasteiger partial charge >= 0.3 is 5.97 Å². The van der Waals surface area contributed by atoms with Gasteiger partial charge in [-0.1, -0.05) is 44.2 Å². The van der Waals surface area contributed by atoms with Crippen molar-refractivity contribution >= 4 is 22.8 Å². The monoisotopic (exact) mass is 509 g/mol. The van der Waals surface area contributed by atoms with Crippen LogP contribution in [0, 0.1) is 0 Å². The SMILES string of the molecule is CCOC(=O)CNCCNc1nc2ccccc2n(C2CC3CCC(C2)N3C2CCCCCCC2)c1=O. The number of anilines is 1. The summed E-state index contributed by atoms with van der Waals surface area (Å²) in [6, 6.07) is 10.1. The van der Waals surface area contributed by atoms with E-state index >= 15 is 0 Å². The van der Waals surface area contributed by atoms with E-state index < -0.39 is 0 Å². The fraction of sp³-hybridized carbons (Fsp3) is 0.690. The van der Waals surface area contributed by atoms with Gasteiger partial charge in [0, 0.05) is 37.3 Å². The van der Waals surface area contributed by atoms with Gasteiger partial charge in [-0.2, -0.15) is 0 Å². The van der Waals surface area contributed by atoms with Gasteiger partial charge in [-0.25, -0.2) is 4.98 Å². The number of rotatable bonds is 9. The fourth-order valence-electron chi connectivity index (χ4n) is 7.03. The topological polar surface area (TPSA) is 88.5 Å². The van der Waals surface area contributed by atoms with Crippen LogP contribution in [0.1, 0.15) is 83.6 Å². The van der Waals surface area contributed by atoms with Gasteiger partial charge in [0.25, 0.3) is 5.56 Å². The smallest absolute Gasteiger partial charge is 0.319 e. The minimum Gasteiger partial charge on any atom is -0.465 e. The number of para-hydroxylation sites is 2. The van der Waals surface area contributed by atoms with Crippen molar-refractivity contribution < 1.29 is 9.53 Å². The van der Waals surface area contributed by atoms with Gasteiger partial charge in [-0.3, -0.25) is 14.5 Å². The third-order valence-corrected chi connectivity index (χ3v) is 8.59. The molecule has 1 aromatic carbocycles. The van der Waals surface area contributed by atoms with Crippen molar-refractivity contribution in [3.05, 3.63) is 34.6 Å². The van der Waals surface area contributed by atoms with Gasteiger partial charge in [0.15, 0.2) is 5.82 Å². The molecule has 2 saturated heterocycles. The quantitative estimate of drug-likeness (QED) is 0.386. The molecule has 8 nitrogen and oxygen atoms in total. The molecule has 2 atom stereocenters. The zero-order valence-electron chi connectivity index (χ0n) is 22.3. The maximum absolute atomic E-state index is 13.8. The largest absolute Gasteiger partial charge is 0.465 e. The van der Waals surface area contributed by atoms with Gasteiger partial charge in [-0.05, 0) is 57.6 Å². The Hall–Kier alpha value is -2.45. The molecule has 1 saturated carbocycles. The van der Waals surface area contributed by atoms with Crippen molar-refractivity contribution in [3.8, 4) is 0 Å². The van der Waals surface area contributed by atoms with E-state index in [2.05, 4.69) is 20.5 Å². The van der Waals surface area contributed by atoms with Gasteiger partial charge in [-0.15, -0.1) is 0 Å². The van der Waals surface area contributed by atoms with E-state index in [0.717, 1.165) is 29.9 Å². The molecule has 2 N–H and O–H groups in total. The highest BCUT2D eigenvalue weighted by Gasteiger charge is 2.44. The number of hydrogen-bond donors (Lipinski definition) is 2. The maximum atomic E-state index is 13.8. The van der Waals surface area contributed by atoms with Crippen LogP contribution in [0.15, 0.2) is 29.1 Å². The van der Waals surface area contributed by atoms with Crippen LogP contribution in [0.5, 0.6) is 0 Å². The van der Waals surface area contributed by atoms with Crippen molar-refractivity contribution in [3.63, 3.8) is 0 Å². The third-order valence-electron chi connectivity index (χ3n) is 8.59. The lowest BCUT2D eigenvalue weighted by atomic mass is 9.89. The molecule has 3 fully saturated rings. The van der Waals surface area contributed by atoms with E-state index in [1.807, 2.05) is 28.8 Å². The summed E-state index contributed by atoms with van der Waals surface area (Å²) in [6.45, 7) is 3.37. The first kappa shape index (κ1) is 26.2. The molecule has 2 bridgehead atoms. The van der Waals surface area contributed by atoms with Gasteiger partial charge in [0.2, 0.25) is 0 Å². The first-order valence-electron chi connectivity index (χ1n) is 14.5. The van der Waals surface area contributed by atoms with E-state index in [-0.39, 0.29) is 24.1 Å². The summed E-state index contributed by atoms with van der Waals surface area (Å²) in [5, 5.41) is 6.29. The zero-order valence-corrected chi connectivity index (χ0v) is 22.3. The first-order valence-corrected chi connectivity index (χ1v) is 14.5. The number of nitrogens with one attached hydrogen (secondary N) is 2. The van der Waals surface area contributed by atoms with Crippen LogP contribution >= 0.6 is 0 Å². The number of nitrogens with zero attached hydrogens (tertiary/aromatic N) is 3. The second kappa shape index (κ2) is 12.4. The van der Waals surface area contributed by atoms with Crippen molar-refractivity contribution in [2.75, 3.05) is 31.6 Å². The molecular formula is C29H43N5O3. The fourth-order valence-corrected chi connectivity index (χ4v) is 7.03. The number of esters is 1. The molecule has 2 unspecified atom stereocenters. The molecule has 5 rings (SSSR count). The Balaban J connectivity index is 1.31. The molecule has 2 aromatic rings. The lowest BCUT2D eigenvalue weighted by molar-refractivity contribution is -0.141. The molecule has 202 valence electrons. The molecule has 3 heterocycles. The Morgan fingerprint density at radius 3 is 2.38 bits per heavy atom. The maximum Gasteiger partial charge on any atom is 0.319 e. The van der Waals surface area contributed by atoms with Crippen LogP contribution in [0.4, 0.5) is 5.82 Å². The van der Waals surface area contributed by atoms with Crippen LogP contribution in [0.3, 0.4) is 0 Å². The summed E-state index contributed by atoms with van der Waals surface area (Å²) in [5.74, 6) is 0.125. The Bertz CT molecular complexity index is 1100. The molecule has 0 amide bonds. The summed E-state index contributed by atoms with van der Waals surface area (Å²) in [5.41, 5.74) is 1.74. The average molecular weight is 510 g/mol. The van der Waals surface area contributed by atoms with Crippen molar-refractivity contribution in [2.45, 2.75) is 102 Å². The highest BCUT2D eigenvalue weighted by atomic mass is 16.5. The van der Waals surface area contributed by atoms with Crippen molar-refractivity contribution in [2.24, 2.45) is 0 Å². The molecule has 3 aliphatic rings. The molecule has 2 aliphatic heterocycles. The first-order chi connectivity index (χ1) is 18.2. The van der Waals surface area contributed by atoms with Crippen LogP contribution in [0.2, 0.25) is 0 Å². The molecule has 1 aliphatic carbocycles. The van der Waals surface area contributed by atoms with E-state index in [4.69, 9.17) is 4.74 Å². The second-order valence-electron chi connectivity index (χ2n) is 11.0. The Morgan fingerprint density at radius 2 is 1.65 bits per heavy atom. The van der Waals surface area contributed by atoms with Gasteiger partial charge in [0.05, 0.1) is 24.2 Å². The minimum absolute atomic E-state index is 0.0344. The second-order valence-corrected chi connectivity index (χ2v) is 11.0. The van der Waals surface area contributed by atoms with Crippen LogP contribution in [0.25, 0.3) is 11.0 Å². The highest BCUT2D eigenvalue weighted by molar-refractivity contribution is 5.76. The predicted molar refractivity (Wildman–Crippen MR) is 147 cm³/mol.